The summed E-state index contributed by atoms with van der Waals surface area (Å²) in [5.74, 6) is 1.10. The van der Waals surface area contributed by atoms with Gasteiger partial charge in [0.1, 0.15) is 0 Å². The topological polar surface area (TPSA) is 32.3 Å². The molecule has 2 aromatic rings. The van der Waals surface area contributed by atoms with Crippen molar-refractivity contribution in [2.24, 2.45) is 0 Å². The van der Waals surface area contributed by atoms with Gasteiger partial charge >= 0.3 is 0 Å². The Balaban J connectivity index is 1.63. The number of benzene rings is 2. The molecule has 3 nitrogen and oxygen atoms in total. The van der Waals surface area contributed by atoms with E-state index in [-0.39, 0.29) is 5.91 Å². The van der Waals surface area contributed by atoms with Crippen molar-refractivity contribution in [1.82, 2.24) is 10.2 Å². The van der Waals surface area contributed by atoms with E-state index in [4.69, 9.17) is 0 Å². The first-order valence-electron chi connectivity index (χ1n) is 9.56. The Morgan fingerprint density at radius 1 is 1.08 bits per heavy atom. The Kier molecular flexibility index (Phi) is 7.15. The summed E-state index contributed by atoms with van der Waals surface area (Å²) in [6, 6.07) is 19.0. The van der Waals surface area contributed by atoms with Crippen molar-refractivity contribution < 1.29 is 4.79 Å². The normalized spacial score (nSPS) is 15.0. The van der Waals surface area contributed by atoms with Crippen LogP contribution >= 0.6 is 11.8 Å². The van der Waals surface area contributed by atoms with E-state index in [1.54, 1.807) is 0 Å². The summed E-state index contributed by atoms with van der Waals surface area (Å²) in [5, 5.41) is 3.39. The minimum Gasteiger partial charge on any atom is -0.336 e. The van der Waals surface area contributed by atoms with Gasteiger partial charge in [-0.1, -0.05) is 37.3 Å². The molecule has 1 N–H and O–H groups in total. The summed E-state index contributed by atoms with van der Waals surface area (Å²) >= 11 is 1.82. The van der Waals surface area contributed by atoms with Crippen LogP contribution in [-0.2, 0) is 5.75 Å². The van der Waals surface area contributed by atoms with Crippen LogP contribution in [0.3, 0.4) is 0 Å². The highest BCUT2D eigenvalue weighted by Gasteiger charge is 2.25. The van der Waals surface area contributed by atoms with Crippen LogP contribution < -0.4 is 5.32 Å². The first-order chi connectivity index (χ1) is 12.8. The number of hydrogen-bond donors (Lipinski definition) is 1. The zero-order valence-corrected chi connectivity index (χ0v) is 16.3. The first-order valence-corrected chi connectivity index (χ1v) is 10.5. The molecule has 0 aromatic heterocycles. The molecule has 0 spiro atoms. The molecule has 1 amide bonds. The van der Waals surface area contributed by atoms with Crippen LogP contribution in [0.15, 0.2) is 59.5 Å². The number of thioether (sulfide) groups is 1. The molecule has 0 unspecified atom stereocenters. The summed E-state index contributed by atoms with van der Waals surface area (Å²) in [4.78, 5) is 16.4. The van der Waals surface area contributed by atoms with Crippen LogP contribution in [0.5, 0.6) is 0 Å². The highest BCUT2D eigenvalue weighted by Crippen LogP contribution is 2.23. The highest BCUT2D eigenvalue weighted by atomic mass is 32.2. The number of nitrogens with zero attached hydrogens (tertiary/aromatic N) is 1. The molecule has 1 heterocycles. The molecular weight excluding hydrogens is 340 g/mol. The van der Waals surface area contributed by atoms with Crippen LogP contribution in [0.2, 0.25) is 0 Å². The van der Waals surface area contributed by atoms with Gasteiger partial charge in [-0.25, -0.2) is 0 Å². The van der Waals surface area contributed by atoms with Gasteiger partial charge in [-0.3, -0.25) is 4.79 Å². The number of hydrogen-bond acceptors (Lipinski definition) is 3. The molecular formula is C22H28N2OS. The van der Waals surface area contributed by atoms with Crippen molar-refractivity contribution in [2.45, 2.75) is 42.9 Å². The van der Waals surface area contributed by atoms with Crippen molar-refractivity contribution >= 4 is 17.7 Å². The summed E-state index contributed by atoms with van der Waals surface area (Å²) in [6.07, 6.45) is 3.11. The Hall–Kier alpha value is -1.78. The van der Waals surface area contributed by atoms with E-state index in [9.17, 15) is 4.79 Å². The van der Waals surface area contributed by atoms with Gasteiger partial charge in [0.25, 0.3) is 5.91 Å². The van der Waals surface area contributed by atoms with Crippen LogP contribution in [0.25, 0.3) is 0 Å². The molecule has 0 atom stereocenters. The van der Waals surface area contributed by atoms with E-state index in [1.165, 1.54) is 10.5 Å². The van der Waals surface area contributed by atoms with Crippen molar-refractivity contribution in [1.29, 1.82) is 0 Å². The monoisotopic (exact) mass is 368 g/mol. The lowest BCUT2D eigenvalue weighted by Crippen LogP contribution is -2.46. The van der Waals surface area contributed by atoms with Crippen molar-refractivity contribution in [3.63, 3.8) is 0 Å². The van der Waals surface area contributed by atoms with Gasteiger partial charge in [0.2, 0.25) is 0 Å². The van der Waals surface area contributed by atoms with Crippen LogP contribution in [0.4, 0.5) is 0 Å². The fourth-order valence-corrected chi connectivity index (χ4v) is 4.28. The van der Waals surface area contributed by atoms with E-state index in [1.807, 2.05) is 30.0 Å². The molecule has 26 heavy (non-hydrogen) atoms. The summed E-state index contributed by atoms with van der Waals surface area (Å²) < 4.78 is 0. The molecule has 0 saturated carbocycles. The van der Waals surface area contributed by atoms with E-state index < -0.39 is 0 Å². The van der Waals surface area contributed by atoms with Crippen molar-refractivity contribution in [3.05, 3.63) is 65.7 Å². The third kappa shape index (κ3) is 5.12. The molecule has 1 fully saturated rings. The maximum absolute atomic E-state index is 13.0. The molecule has 1 saturated heterocycles. The Morgan fingerprint density at radius 3 is 2.42 bits per heavy atom. The van der Waals surface area contributed by atoms with Gasteiger partial charge in [0, 0.05) is 28.8 Å². The summed E-state index contributed by atoms with van der Waals surface area (Å²) in [6.45, 7) is 5.00. The van der Waals surface area contributed by atoms with Crippen LogP contribution in [0, 0.1) is 0 Å². The van der Waals surface area contributed by atoms with Gasteiger partial charge in [-0.05, 0) is 62.2 Å². The van der Waals surface area contributed by atoms with Gasteiger partial charge in [0.05, 0.1) is 0 Å². The quantitative estimate of drug-likeness (QED) is 0.726. The molecule has 138 valence electrons. The van der Waals surface area contributed by atoms with Crippen molar-refractivity contribution in [3.8, 4) is 0 Å². The van der Waals surface area contributed by atoms with Crippen molar-refractivity contribution in [2.75, 3.05) is 19.6 Å². The second-order valence-corrected chi connectivity index (χ2v) is 7.83. The standard InChI is InChI=1S/C22H28N2OS/c1-2-16-24(20-12-14-23-15-13-20)22(25)19-10-8-18(9-11-19)17-26-21-6-4-3-5-7-21/h3-11,20,23H,2,12-17H2,1H3. The van der Waals surface area contributed by atoms with Gasteiger partial charge in [-0.15, -0.1) is 11.8 Å². The Bertz CT molecular complexity index is 681. The predicted molar refractivity (Wildman–Crippen MR) is 110 cm³/mol. The zero-order chi connectivity index (χ0) is 18.2. The SMILES string of the molecule is CCCN(C(=O)c1ccc(CSc2ccccc2)cc1)C1CCNCC1. The molecule has 0 radical (unpaired) electrons. The average molecular weight is 369 g/mol. The maximum Gasteiger partial charge on any atom is 0.254 e. The molecule has 3 rings (SSSR count). The average Bonchev–Trinajstić information content (AvgIpc) is 2.72. The largest absolute Gasteiger partial charge is 0.336 e. The second kappa shape index (κ2) is 9.79. The third-order valence-electron chi connectivity index (χ3n) is 4.82. The van der Waals surface area contributed by atoms with E-state index in [0.717, 1.165) is 50.2 Å². The van der Waals surface area contributed by atoms with Gasteiger partial charge < -0.3 is 10.2 Å². The number of amides is 1. The maximum atomic E-state index is 13.0. The Labute approximate surface area is 161 Å². The third-order valence-corrected chi connectivity index (χ3v) is 5.91. The predicted octanol–water partition coefficient (Wildman–Crippen LogP) is 4.58. The molecule has 4 heteroatoms. The number of nitrogens with one attached hydrogen (secondary N) is 1. The number of piperidine rings is 1. The molecule has 0 bridgehead atoms. The molecule has 0 aliphatic carbocycles. The second-order valence-electron chi connectivity index (χ2n) is 6.78. The fourth-order valence-electron chi connectivity index (χ4n) is 3.40. The van der Waals surface area contributed by atoms with Gasteiger partial charge in [-0.2, -0.15) is 0 Å². The van der Waals surface area contributed by atoms with E-state index >= 15 is 0 Å². The number of carbonyl (C=O) groups is 1. The van der Waals surface area contributed by atoms with Crippen LogP contribution in [0.1, 0.15) is 42.1 Å². The Morgan fingerprint density at radius 2 is 1.77 bits per heavy atom. The smallest absolute Gasteiger partial charge is 0.254 e. The molecule has 1 aliphatic rings. The summed E-state index contributed by atoms with van der Waals surface area (Å²) in [5.41, 5.74) is 2.06. The lowest BCUT2D eigenvalue weighted by Gasteiger charge is -2.34. The lowest BCUT2D eigenvalue weighted by atomic mass is 10.0. The lowest BCUT2D eigenvalue weighted by molar-refractivity contribution is 0.0642. The molecule has 2 aromatic carbocycles. The minimum atomic E-state index is 0.181. The van der Waals surface area contributed by atoms with E-state index in [2.05, 4.69) is 53.5 Å². The van der Waals surface area contributed by atoms with E-state index in [0.29, 0.717) is 6.04 Å². The first kappa shape index (κ1) is 19.0. The zero-order valence-electron chi connectivity index (χ0n) is 15.5. The number of carbonyl (C=O) groups excluding carboxylic acids is 1. The summed E-state index contributed by atoms with van der Waals surface area (Å²) in [7, 11) is 0. The van der Waals surface area contributed by atoms with Gasteiger partial charge in [0.15, 0.2) is 0 Å². The van der Waals surface area contributed by atoms with Crippen LogP contribution in [-0.4, -0.2) is 36.5 Å². The molecule has 1 aliphatic heterocycles. The highest BCUT2D eigenvalue weighted by molar-refractivity contribution is 7.98. The fraction of sp³-hybridized carbons (Fsp3) is 0.409. The minimum absolute atomic E-state index is 0.181. The number of rotatable bonds is 7.